The molecule has 1 rings (SSSR count). The molecule has 0 aliphatic rings. The lowest BCUT2D eigenvalue weighted by molar-refractivity contribution is 0.241. The molecular formula is C9H15N3O3S2. The highest BCUT2D eigenvalue weighted by Crippen LogP contribution is 2.20. The second-order valence-corrected chi connectivity index (χ2v) is 6.26. The number of carbonyl (C=O) groups is 1. The number of rotatable bonds is 5. The van der Waals surface area contributed by atoms with Crippen molar-refractivity contribution in [2.45, 2.75) is 17.6 Å². The van der Waals surface area contributed by atoms with Gasteiger partial charge in [-0.3, -0.25) is 0 Å². The Morgan fingerprint density at radius 1 is 1.41 bits per heavy atom. The molecule has 0 aliphatic carbocycles. The monoisotopic (exact) mass is 277 g/mol. The summed E-state index contributed by atoms with van der Waals surface area (Å²) in [6.45, 7) is 2.86. The Hall–Kier alpha value is -1.12. The number of amides is 2. The quantitative estimate of drug-likeness (QED) is 0.719. The smallest absolute Gasteiger partial charge is 0.314 e. The van der Waals surface area contributed by atoms with E-state index in [1.165, 1.54) is 6.07 Å². The molecule has 0 aromatic carbocycles. The van der Waals surface area contributed by atoms with Crippen LogP contribution < -0.4 is 15.8 Å². The lowest BCUT2D eigenvalue weighted by atomic mass is 10.3. The van der Waals surface area contributed by atoms with Crippen LogP contribution in [-0.4, -0.2) is 27.5 Å². The van der Waals surface area contributed by atoms with Gasteiger partial charge in [-0.2, -0.15) is 0 Å². The fourth-order valence-electron chi connectivity index (χ4n) is 1.17. The van der Waals surface area contributed by atoms with Crippen molar-refractivity contribution < 1.29 is 13.2 Å². The Bertz CT molecular complexity index is 481. The topological polar surface area (TPSA) is 101 Å². The van der Waals surface area contributed by atoms with Crippen molar-refractivity contribution in [1.82, 2.24) is 10.6 Å². The number of hydrogen-bond donors (Lipinski definition) is 3. The largest absolute Gasteiger partial charge is 0.338 e. The van der Waals surface area contributed by atoms with E-state index in [2.05, 4.69) is 10.6 Å². The molecule has 1 aromatic rings. The van der Waals surface area contributed by atoms with E-state index in [-0.39, 0.29) is 10.2 Å². The number of sulfonamides is 1. The van der Waals surface area contributed by atoms with Crippen molar-refractivity contribution in [2.75, 3.05) is 13.1 Å². The molecule has 0 bridgehead atoms. The summed E-state index contributed by atoms with van der Waals surface area (Å²) in [6.07, 6.45) is 0.581. The minimum atomic E-state index is -3.61. The molecule has 1 heterocycles. The molecule has 4 N–H and O–H groups in total. The van der Waals surface area contributed by atoms with Crippen molar-refractivity contribution in [1.29, 1.82) is 0 Å². The fourth-order valence-corrected chi connectivity index (χ4v) is 2.95. The molecule has 0 spiro atoms. The van der Waals surface area contributed by atoms with E-state index >= 15 is 0 Å². The molecule has 8 heteroatoms. The summed E-state index contributed by atoms with van der Waals surface area (Å²) in [5, 5.41) is 10.2. The van der Waals surface area contributed by atoms with Crippen molar-refractivity contribution in [3.05, 3.63) is 17.0 Å². The summed E-state index contributed by atoms with van der Waals surface area (Å²) in [5.41, 5.74) is 0. The van der Waals surface area contributed by atoms with Crippen LogP contribution >= 0.6 is 11.3 Å². The molecule has 0 unspecified atom stereocenters. The molecule has 1 aromatic heterocycles. The van der Waals surface area contributed by atoms with Gasteiger partial charge in [0.2, 0.25) is 10.0 Å². The minimum Gasteiger partial charge on any atom is -0.338 e. The van der Waals surface area contributed by atoms with Crippen LogP contribution in [0.5, 0.6) is 0 Å². The minimum absolute atomic E-state index is 0.144. The van der Waals surface area contributed by atoms with Gasteiger partial charge < -0.3 is 10.6 Å². The number of urea groups is 1. The van der Waals surface area contributed by atoms with Gasteiger partial charge in [0.15, 0.2) is 0 Å². The zero-order valence-electron chi connectivity index (χ0n) is 9.39. The van der Waals surface area contributed by atoms with Gasteiger partial charge in [0.1, 0.15) is 4.21 Å². The van der Waals surface area contributed by atoms with Gasteiger partial charge in [-0.15, -0.1) is 11.3 Å². The van der Waals surface area contributed by atoms with Crippen molar-refractivity contribution >= 4 is 27.4 Å². The third-order valence-electron chi connectivity index (χ3n) is 1.91. The van der Waals surface area contributed by atoms with E-state index in [0.717, 1.165) is 16.2 Å². The molecule has 17 heavy (non-hydrogen) atoms. The first-order valence-corrected chi connectivity index (χ1v) is 7.43. The zero-order chi connectivity index (χ0) is 12.9. The van der Waals surface area contributed by atoms with Crippen molar-refractivity contribution in [3.63, 3.8) is 0 Å². The van der Waals surface area contributed by atoms with Crippen LogP contribution in [0.25, 0.3) is 0 Å². The highest BCUT2D eigenvalue weighted by molar-refractivity contribution is 7.91. The predicted octanol–water partition coefficient (Wildman–Crippen LogP) is 0.257. The van der Waals surface area contributed by atoms with E-state index in [0.29, 0.717) is 19.5 Å². The van der Waals surface area contributed by atoms with Crippen molar-refractivity contribution in [3.8, 4) is 0 Å². The first-order chi connectivity index (χ1) is 7.93. The SMILES string of the molecule is CCNC(=O)NCCc1ccc(S(N)(=O)=O)s1. The summed E-state index contributed by atoms with van der Waals surface area (Å²) in [7, 11) is -3.61. The van der Waals surface area contributed by atoms with Crippen LogP contribution in [-0.2, 0) is 16.4 Å². The average molecular weight is 277 g/mol. The van der Waals surface area contributed by atoms with E-state index in [1.54, 1.807) is 6.07 Å². The number of primary sulfonamides is 1. The lowest BCUT2D eigenvalue weighted by Gasteiger charge is -2.03. The molecule has 0 fully saturated rings. The molecule has 0 atom stereocenters. The molecule has 6 nitrogen and oxygen atoms in total. The second-order valence-electron chi connectivity index (χ2n) is 3.30. The Morgan fingerprint density at radius 3 is 2.65 bits per heavy atom. The summed E-state index contributed by atoms with van der Waals surface area (Å²) in [6, 6.07) is 2.95. The van der Waals surface area contributed by atoms with Crippen molar-refractivity contribution in [2.24, 2.45) is 5.14 Å². The third kappa shape index (κ3) is 4.72. The molecular weight excluding hydrogens is 262 g/mol. The molecule has 0 saturated carbocycles. The van der Waals surface area contributed by atoms with E-state index in [1.807, 2.05) is 6.92 Å². The predicted molar refractivity (Wildman–Crippen MR) is 66.5 cm³/mol. The van der Waals surface area contributed by atoms with Crippen LogP contribution in [0.3, 0.4) is 0 Å². The van der Waals surface area contributed by atoms with Crippen LogP contribution in [0.2, 0.25) is 0 Å². The standard InChI is InChI=1S/C9H15N3O3S2/c1-2-11-9(13)12-6-5-7-3-4-8(16-7)17(10,14)15/h3-4H,2,5-6H2,1H3,(H2,10,14,15)(H2,11,12,13). The Kier molecular flexibility index (Phi) is 4.91. The zero-order valence-corrected chi connectivity index (χ0v) is 11.0. The first kappa shape index (κ1) is 13.9. The first-order valence-electron chi connectivity index (χ1n) is 5.06. The maximum absolute atomic E-state index is 11.1. The molecule has 96 valence electrons. The van der Waals surface area contributed by atoms with Gasteiger partial charge in [-0.1, -0.05) is 0 Å². The second kappa shape index (κ2) is 5.99. The summed E-state index contributed by atoms with van der Waals surface area (Å²) in [4.78, 5) is 11.9. The maximum Gasteiger partial charge on any atom is 0.314 e. The van der Waals surface area contributed by atoms with Gasteiger partial charge in [0.05, 0.1) is 0 Å². The highest BCUT2D eigenvalue weighted by Gasteiger charge is 2.10. The summed E-state index contributed by atoms with van der Waals surface area (Å²) < 4.78 is 22.2. The average Bonchev–Trinajstić information content (AvgIpc) is 2.66. The Balaban J connectivity index is 2.43. The Labute approximate surface area is 104 Å². The molecule has 2 amide bonds. The van der Waals surface area contributed by atoms with E-state index < -0.39 is 10.0 Å². The Morgan fingerprint density at radius 2 is 2.12 bits per heavy atom. The summed E-state index contributed by atoms with van der Waals surface area (Å²) in [5.74, 6) is 0. The van der Waals surface area contributed by atoms with Crippen LogP contribution in [0.1, 0.15) is 11.8 Å². The van der Waals surface area contributed by atoms with Crippen LogP contribution in [0.4, 0.5) is 4.79 Å². The molecule has 0 radical (unpaired) electrons. The van der Waals surface area contributed by atoms with E-state index in [4.69, 9.17) is 5.14 Å². The van der Waals surface area contributed by atoms with Gasteiger partial charge in [-0.05, 0) is 25.5 Å². The molecule has 0 saturated heterocycles. The number of hydrogen-bond acceptors (Lipinski definition) is 4. The highest BCUT2D eigenvalue weighted by atomic mass is 32.2. The molecule has 0 aliphatic heterocycles. The van der Waals surface area contributed by atoms with Gasteiger partial charge in [0, 0.05) is 18.0 Å². The normalized spacial score (nSPS) is 11.2. The van der Waals surface area contributed by atoms with E-state index in [9.17, 15) is 13.2 Å². The third-order valence-corrected chi connectivity index (χ3v) is 4.50. The number of carbonyl (C=O) groups excluding carboxylic acids is 1. The number of nitrogens with two attached hydrogens (primary N) is 1. The maximum atomic E-state index is 11.1. The lowest BCUT2D eigenvalue weighted by Crippen LogP contribution is -2.36. The van der Waals surface area contributed by atoms with Gasteiger partial charge in [-0.25, -0.2) is 18.4 Å². The van der Waals surface area contributed by atoms with Crippen LogP contribution in [0, 0.1) is 0 Å². The fraction of sp³-hybridized carbons (Fsp3) is 0.444. The van der Waals surface area contributed by atoms with Gasteiger partial charge >= 0.3 is 6.03 Å². The number of thiophene rings is 1. The number of nitrogens with one attached hydrogen (secondary N) is 2. The van der Waals surface area contributed by atoms with Gasteiger partial charge in [0.25, 0.3) is 0 Å². The van der Waals surface area contributed by atoms with Crippen LogP contribution in [0.15, 0.2) is 16.3 Å². The summed E-state index contributed by atoms with van der Waals surface area (Å²) >= 11 is 1.12.